The number of para-hydroxylation sites is 1. The topological polar surface area (TPSA) is 91.0 Å². The van der Waals surface area contributed by atoms with E-state index in [0.717, 1.165) is 13.1 Å². The highest BCUT2D eigenvalue weighted by Gasteiger charge is 2.23. The van der Waals surface area contributed by atoms with Crippen LogP contribution in [0, 0.1) is 0 Å². The highest BCUT2D eigenvalue weighted by molar-refractivity contribution is 6.43. The molecule has 2 amide bonds. The second-order valence-electron chi connectivity index (χ2n) is 6.90. The molecule has 2 aromatic rings. The lowest BCUT2D eigenvalue weighted by molar-refractivity contribution is -0.132. The number of carbonyl (C=O) groups excluding carboxylic acids is 2. The molecule has 1 heterocycles. The van der Waals surface area contributed by atoms with Crippen LogP contribution in [0.4, 0.5) is 5.69 Å². The summed E-state index contributed by atoms with van der Waals surface area (Å²) in [5.41, 5.74) is 9.02. The van der Waals surface area contributed by atoms with Crippen molar-refractivity contribution in [1.82, 2.24) is 10.2 Å². The van der Waals surface area contributed by atoms with Crippen molar-refractivity contribution in [3.63, 3.8) is 0 Å². The van der Waals surface area contributed by atoms with Gasteiger partial charge in [0.1, 0.15) is 5.71 Å². The molecule has 30 heavy (non-hydrogen) atoms. The molecule has 0 unspecified atom stereocenters. The lowest BCUT2D eigenvalue weighted by Crippen LogP contribution is -2.51. The highest BCUT2D eigenvalue weighted by atomic mass is 16.2. The second kappa shape index (κ2) is 10.2. The van der Waals surface area contributed by atoms with Crippen LogP contribution >= 0.6 is 0 Å². The molecule has 3 N–H and O–H groups in total. The van der Waals surface area contributed by atoms with E-state index in [1.54, 1.807) is 4.90 Å². The molecule has 3 rings (SSSR count). The Morgan fingerprint density at radius 3 is 2.37 bits per heavy atom. The molecular weight excluding hydrogens is 378 g/mol. The predicted octanol–water partition coefficient (Wildman–Crippen LogP) is 1.66. The molecule has 0 bridgehead atoms. The van der Waals surface area contributed by atoms with E-state index in [1.165, 1.54) is 36.1 Å². The smallest absolute Gasteiger partial charge is 0.269 e. The van der Waals surface area contributed by atoms with Gasteiger partial charge in [0.15, 0.2) is 0 Å². The number of hydrogen-bond acceptors (Lipinski definition) is 5. The average Bonchev–Trinajstić information content (AvgIpc) is 2.81. The van der Waals surface area contributed by atoms with Gasteiger partial charge in [0.25, 0.3) is 5.91 Å². The number of anilines is 1. The zero-order valence-electron chi connectivity index (χ0n) is 17.1. The number of nitrogens with two attached hydrogens (primary N) is 1. The quantitative estimate of drug-likeness (QED) is 0.715. The minimum atomic E-state index is -0.414. The summed E-state index contributed by atoms with van der Waals surface area (Å²) in [5.74, 6) is -0.519. The summed E-state index contributed by atoms with van der Waals surface area (Å²) in [6.07, 6.45) is 2.65. The van der Waals surface area contributed by atoms with E-state index in [9.17, 15) is 9.59 Å². The molecule has 0 radical (unpaired) electrons. The molecular formula is C23H27N5O2. The number of amides is 2. The van der Waals surface area contributed by atoms with Crippen molar-refractivity contribution in [2.75, 3.05) is 44.7 Å². The van der Waals surface area contributed by atoms with E-state index >= 15 is 0 Å². The summed E-state index contributed by atoms with van der Waals surface area (Å²) in [5, 5.41) is 2.61. The van der Waals surface area contributed by atoms with Crippen molar-refractivity contribution in [2.24, 2.45) is 10.7 Å². The van der Waals surface area contributed by atoms with Crippen LogP contribution < -0.4 is 16.0 Å². The largest absolute Gasteiger partial charge is 0.405 e. The summed E-state index contributed by atoms with van der Waals surface area (Å²) in [4.78, 5) is 32.5. The zero-order valence-corrected chi connectivity index (χ0v) is 17.1. The number of carbonyl (C=O) groups is 2. The molecule has 1 fully saturated rings. The van der Waals surface area contributed by atoms with Gasteiger partial charge in [-0.2, -0.15) is 0 Å². The van der Waals surface area contributed by atoms with Crippen LogP contribution in [0.25, 0.3) is 11.1 Å². The Hall–Kier alpha value is -3.61. The lowest BCUT2D eigenvalue weighted by Gasteiger charge is -2.37. The van der Waals surface area contributed by atoms with Gasteiger partial charge in [-0.25, -0.2) is 0 Å². The Morgan fingerprint density at radius 2 is 1.70 bits per heavy atom. The second-order valence-corrected chi connectivity index (χ2v) is 6.90. The van der Waals surface area contributed by atoms with E-state index in [1.807, 2.05) is 30.3 Å². The van der Waals surface area contributed by atoms with Gasteiger partial charge in [-0.1, -0.05) is 48.5 Å². The van der Waals surface area contributed by atoms with E-state index in [4.69, 9.17) is 5.73 Å². The van der Waals surface area contributed by atoms with Crippen LogP contribution in [0.2, 0.25) is 0 Å². The van der Waals surface area contributed by atoms with E-state index in [-0.39, 0.29) is 18.2 Å². The first-order valence-corrected chi connectivity index (χ1v) is 9.94. The fraction of sp³-hybridized carbons (Fsp3) is 0.261. The van der Waals surface area contributed by atoms with Gasteiger partial charge in [0.05, 0.1) is 6.54 Å². The summed E-state index contributed by atoms with van der Waals surface area (Å²) in [6.45, 7) is 2.63. The van der Waals surface area contributed by atoms with Gasteiger partial charge in [-0.05, 0) is 23.9 Å². The van der Waals surface area contributed by atoms with E-state index < -0.39 is 5.91 Å². The summed E-state index contributed by atoms with van der Waals surface area (Å²) in [6, 6.07) is 18.6. The highest BCUT2D eigenvalue weighted by Crippen LogP contribution is 2.31. The van der Waals surface area contributed by atoms with Crippen molar-refractivity contribution in [2.45, 2.75) is 0 Å². The van der Waals surface area contributed by atoms with Crippen molar-refractivity contribution < 1.29 is 9.59 Å². The maximum atomic E-state index is 12.5. The molecule has 0 saturated carbocycles. The number of piperazine rings is 1. The number of rotatable bonds is 6. The first kappa shape index (κ1) is 21.1. The first-order valence-electron chi connectivity index (χ1n) is 9.94. The Bertz CT molecular complexity index is 932. The van der Waals surface area contributed by atoms with Crippen LogP contribution in [0.5, 0.6) is 0 Å². The maximum absolute atomic E-state index is 12.5. The van der Waals surface area contributed by atoms with Crippen molar-refractivity contribution >= 4 is 23.2 Å². The molecule has 0 atom stereocenters. The zero-order chi connectivity index (χ0) is 21.3. The number of hydrogen-bond donors (Lipinski definition) is 2. The molecule has 1 saturated heterocycles. The summed E-state index contributed by atoms with van der Waals surface area (Å²) in [7, 11) is 1.50. The molecule has 0 spiro atoms. The molecule has 1 aliphatic heterocycles. The third kappa shape index (κ3) is 5.05. The molecule has 0 aromatic heterocycles. The Kier molecular flexibility index (Phi) is 7.21. The Morgan fingerprint density at radius 1 is 1.03 bits per heavy atom. The first-order chi connectivity index (χ1) is 14.6. The van der Waals surface area contributed by atoms with Crippen LogP contribution in [-0.4, -0.2) is 62.2 Å². The average molecular weight is 406 g/mol. The maximum Gasteiger partial charge on any atom is 0.269 e. The number of benzene rings is 2. The van der Waals surface area contributed by atoms with Crippen LogP contribution in [0.3, 0.4) is 0 Å². The van der Waals surface area contributed by atoms with Gasteiger partial charge >= 0.3 is 0 Å². The lowest BCUT2D eigenvalue weighted by atomic mass is 10.0. The minimum Gasteiger partial charge on any atom is -0.405 e. The minimum absolute atomic E-state index is 0.0587. The molecule has 2 aromatic carbocycles. The SMILES string of the molecule is CN=C(/C=C\N)C(=O)NCC(=O)N1CCN(c2ccccc2-c2ccccc2)CC1. The number of nitrogens with one attached hydrogen (secondary N) is 1. The molecule has 0 aliphatic carbocycles. The van der Waals surface area contributed by atoms with Crippen molar-refractivity contribution in [3.05, 3.63) is 66.9 Å². The fourth-order valence-electron chi connectivity index (χ4n) is 3.51. The summed E-state index contributed by atoms with van der Waals surface area (Å²) < 4.78 is 0. The van der Waals surface area contributed by atoms with Crippen LogP contribution in [0.1, 0.15) is 0 Å². The van der Waals surface area contributed by atoms with Gasteiger partial charge in [0.2, 0.25) is 5.91 Å². The van der Waals surface area contributed by atoms with E-state index in [2.05, 4.69) is 39.5 Å². The van der Waals surface area contributed by atoms with Gasteiger partial charge in [0, 0.05) is 44.5 Å². The molecule has 7 nitrogen and oxygen atoms in total. The number of aliphatic imine (C=N–C) groups is 1. The standard InChI is InChI=1S/C23H27N5O2/c1-25-20(11-12-24)23(30)26-17-22(29)28-15-13-27(14-16-28)21-10-6-5-9-19(21)18-7-3-2-4-8-18/h2-12H,13-17,24H2,1H3,(H,26,30)/b12-11-,25-20?. The van der Waals surface area contributed by atoms with Gasteiger partial charge in [-0.15, -0.1) is 0 Å². The molecule has 1 aliphatic rings. The third-order valence-corrected chi connectivity index (χ3v) is 5.09. The van der Waals surface area contributed by atoms with Gasteiger partial charge < -0.3 is 20.9 Å². The van der Waals surface area contributed by atoms with Crippen molar-refractivity contribution in [1.29, 1.82) is 0 Å². The Balaban J connectivity index is 1.58. The normalized spacial score (nSPS) is 14.8. The van der Waals surface area contributed by atoms with Crippen LogP contribution in [-0.2, 0) is 9.59 Å². The molecule has 7 heteroatoms. The van der Waals surface area contributed by atoms with Crippen molar-refractivity contribution in [3.8, 4) is 11.1 Å². The van der Waals surface area contributed by atoms with E-state index in [0.29, 0.717) is 13.1 Å². The van der Waals surface area contributed by atoms with Gasteiger partial charge in [-0.3, -0.25) is 14.6 Å². The number of nitrogens with zero attached hydrogens (tertiary/aromatic N) is 3. The van der Waals surface area contributed by atoms with Crippen LogP contribution in [0.15, 0.2) is 71.9 Å². The Labute approximate surface area is 176 Å². The molecule has 156 valence electrons. The fourth-order valence-corrected chi connectivity index (χ4v) is 3.51. The monoisotopic (exact) mass is 405 g/mol. The summed E-state index contributed by atoms with van der Waals surface area (Å²) >= 11 is 0. The third-order valence-electron chi connectivity index (χ3n) is 5.09. The predicted molar refractivity (Wildman–Crippen MR) is 120 cm³/mol.